The number of benzene rings is 3. The number of ether oxygens (including phenoxy) is 1. The second-order valence-electron chi connectivity index (χ2n) is 14.0. The molecule has 3 heterocycles. The molecule has 7 N–H and O–H groups in total. The summed E-state index contributed by atoms with van der Waals surface area (Å²) < 4.78 is 43.4. The van der Waals surface area contributed by atoms with E-state index in [1.807, 2.05) is 13.8 Å². The maximum atomic E-state index is 12.9. The second-order valence-corrected chi connectivity index (χ2v) is 14.3. The summed E-state index contributed by atoms with van der Waals surface area (Å²) in [6.07, 6.45) is 15.6. The molecule has 0 radical (unpaired) electrons. The average molecular weight is 1170 g/mol. The van der Waals surface area contributed by atoms with Crippen LogP contribution in [0.15, 0.2) is 72.8 Å². The maximum Gasteiger partial charge on any atom is 0.256 e. The first-order valence-electron chi connectivity index (χ1n) is 22.5. The topological polar surface area (TPSA) is 244 Å². The second kappa shape index (κ2) is 43.6. The van der Waals surface area contributed by atoms with Gasteiger partial charge in [-0.3, -0.25) is 9.68 Å². The van der Waals surface area contributed by atoms with E-state index in [1.54, 1.807) is 64.7 Å². The Balaban J connectivity index is 0. The number of nitrogens with zero attached hydrogens (tertiary/aromatic N) is 11. The molecule has 0 saturated heterocycles. The van der Waals surface area contributed by atoms with Crippen molar-refractivity contribution in [2.24, 2.45) is 0 Å². The maximum absolute atomic E-state index is 12.9. The number of terminal acetylenes is 3. The van der Waals surface area contributed by atoms with Crippen LogP contribution >= 0.6 is 48.8 Å². The van der Waals surface area contributed by atoms with E-state index >= 15 is 0 Å². The molecule has 22 nitrogen and oxygen atoms in total. The van der Waals surface area contributed by atoms with Crippen LogP contribution in [0.3, 0.4) is 0 Å². The molecule has 3 aromatic heterocycles. The molecule has 0 saturated carbocycles. The summed E-state index contributed by atoms with van der Waals surface area (Å²) in [5.41, 5.74) is 5.11. The van der Waals surface area contributed by atoms with E-state index in [4.69, 9.17) is 45.3 Å². The molecule has 0 bridgehead atoms. The predicted octanol–water partition coefficient (Wildman–Crippen LogP) is 7.73. The van der Waals surface area contributed by atoms with Crippen molar-refractivity contribution in [2.75, 3.05) is 117 Å². The Labute approximate surface area is 477 Å². The minimum Gasteiger partial charge on any atom is -0.382 e. The van der Waals surface area contributed by atoms with Crippen molar-refractivity contribution < 1.29 is 32.4 Å². The summed E-state index contributed by atoms with van der Waals surface area (Å²) in [5, 5.41) is 20.5. The molecule has 0 atom stereocenters. The lowest BCUT2D eigenvalue weighted by molar-refractivity contribution is 0.112. The van der Waals surface area contributed by atoms with Gasteiger partial charge in [0.15, 0.2) is 0 Å². The number of rotatable bonds is 22. The molecule has 424 valence electrons. The number of nitrogens with one attached hydrogen (secondary N) is 7. The monoisotopic (exact) mass is 1170 g/mol. The van der Waals surface area contributed by atoms with Gasteiger partial charge in [0.2, 0.25) is 41.0 Å². The number of halogens is 7. The molecular weight excluding hydrogens is 1100 g/mol. The highest BCUT2D eigenvalue weighted by atomic mass is 35.5. The summed E-state index contributed by atoms with van der Waals surface area (Å²) in [4.78, 5) is 51.7. The van der Waals surface area contributed by atoms with Crippen molar-refractivity contribution in [3.05, 3.63) is 112 Å². The average Bonchev–Trinajstić information content (AvgIpc) is 3.43. The minimum absolute atomic E-state index is 0. The molecule has 0 amide bonds. The van der Waals surface area contributed by atoms with Crippen LogP contribution in [0, 0.1) is 54.5 Å². The van der Waals surface area contributed by atoms with Crippen LogP contribution in [0.25, 0.3) is 0 Å². The first-order chi connectivity index (χ1) is 36.2. The Bertz CT molecular complexity index is 2550. The Hall–Kier alpha value is -7.48. The Morgan fingerprint density at radius 2 is 0.731 bits per heavy atom. The van der Waals surface area contributed by atoms with Gasteiger partial charge in [0.1, 0.15) is 17.5 Å². The molecule has 0 unspecified atom stereocenters. The van der Waals surface area contributed by atoms with Crippen LogP contribution in [0.2, 0.25) is 5.28 Å². The largest absolute Gasteiger partial charge is 0.382 e. The molecule has 3 aromatic carbocycles. The van der Waals surface area contributed by atoms with Crippen molar-refractivity contribution in [1.29, 1.82) is 0 Å². The highest BCUT2D eigenvalue weighted by Gasteiger charge is 2.12. The normalized spacial score (nSPS) is 9.35. The fourth-order valence-electron chi connectivity index (χ4n) is 4.94. The molecule has 6 aromatic rings. The standard InChI is InChI=1S/2C15H17FN6O.C13H11ClFN5.C4H10O.C2H7NO.3ClH/c2*1-4-9-17-13-19-14(21-15(20-13)22(2)23-3)18-10-11-5-7-12(16)8-6-11;1-2-7-16-12-18-11(14)19-13(20-12)17-8-9-3-5-10(15)6-4-9;1-3-5-4-2;1-3-4-2;;;/h2*1,5-8H,9-10H2,2-3H3,(H2,17,18,19,20,21);1,3-6H,7-8H2,(H2,16,17,18,19,20);3-4H2,1-2H3;3H,1-2H3;3*1H. The first-order valence-corrected chi connectivity index (χ1v) is 22.9. The van der Waals surface area contributed by atoms with E-state index in [0.29, 0.717) is 67.2 Å². The SMILES string of the molecule is C#CCNc1nc(Cl)nc(NCc2ccc(F)cc2)n1.C#CCNc1nc(NCc2ccc(F)cc2)nc(N(C)OC)n1.C#CCNc1nc(NCc2ccc(F)cc2)nc(N(C)OC)n1.CCOCC.CNOC.Cl.Cl.Cl. The fraction of sp³-hybridized carbons (Fsp3) is 0.327. The van der Waals surface area contributed by atoms with Crippen molar-refractivity contribution >= 4 is 96.4 Å². The molecule has 29 heteroatoms. The summed E-state index contributed by atoms with van der Waals surface area (Å²) in [7, 11) is 9.63. The highest BCUT2D eigenvalue weighted by Crippen LogP contribution is 2.16. The van der Waals surface area contributed by atoms with Gasteiger partial charge in [-0.1, -0.05) is 54.2 Å². The van der Waals surface area contributed by atoms with E-state index in [-0.39, 0.29) is 79.6 Å². The van der Waals surface area contributed by atoms with E-state index in [1.165, 1.54) is 60.7 Å². The lowest BCUT2D eigenvalue weighted by Gasteiger charge is -2.15. The molecular formula is C49H65Cl4F3N18O4. The van der Waals surface area contributed by atoms with E-state index in [9.17, 15) is 13.2 Å². The smallest absolute Gasteiger partial charge is 0.256 e. The molecule has 0 fully saturated rings. The fourth-order valence-corrected chi connectivity index (χ4v) is 5.10. The summed E-state index contributed by atoms with van der Waals surface area (Å²) in [6.45, 7) is 7.85. The zero-order valence-electron chi connectivity index (χ0n) is 44.1. The van der Waals surface area contributed by atoms with Crippen LogP contribution < -0.4 is 47.5 Å². The van der Waals surface area contributed by atoms with Gasteiger partial charge in [-0.2, -0.15) is 44.9 Å². The van der Waals surface area contributed by atoms with Crippen molar-refractivity contribution in [3.8, 4) is 37.0 Å². The number of aromatic nitrogens is 9. The van der Waals surface area contributed by atoms with Gasteiger partial charge in [0.25, 0.3) is 11.9 Å². The predicted molar refractivity (Wildman–Crippen MR) is 308 cm³/mol. The van der Waals surface area contributed by atoms with Crippen LogP contribution in [0.4, 0.5) is 60.8 Å². The quantitative estimate of drug-likeness (QED) is 0.0254. The van der Waals surface area contributed by atoms with Crippen LogP contribution in [-0.2, 0) is 38.9 Å². The van der Waals surface area contributed by atoms with E-state index < -0.39 is 0 Å². The summed E-state index contributed by atoms with van der Waals surface area (Å²) in [5.74, 6) is 9.09. The van der Waals surface area contributed by atoms with Gasteiger partial charge in [-0.25, -0.2) is 28.8 Å². The van der Waals surface area contributed by atoms with Gasteiger partial charge in [-0.15, -0.1) is 56.5 Å². The third-order valence-electron chi connectivity index (χ3n) is 8.72. The minimum atomic E-state index is -0.280. The van der Waals surface area contributed by atoms with Crippen LogP contribution in [0.1, 0.15) is 30.5 Å². The van der Waals surface area contributed by atoms with Crippen molar-refractivity contribution in [2.45, 2.75) is 33.5 Å². The number of hydroxylamine groups is 3. The third-order valence-corrected chi connectivity index (χ3v) is 8.89. The number of hydrogen-bond donors (Lipinski definition) is 7. The van der Waals surface area contributed by atoms with Gasteiger partial charge >= 0.3 is 0 Å². The zero-order chi connectivity index (χ0) is 55.2. The summed E-state index contributed by atoms with van der Waals surface area (Å²) >= 11 is 5.79. The molecule has 0 aliphatic carbocycles. The van der Waals surface area contributed by atoms with Crippen LogP contribution in [0.5, 0.6) is 0 Å². The van der Waals surface area contributed by atoms with Gasteiger partial charge in [0, 0.05) is 54.0 Å². The number of hydrogen-bond acceptors (Lipinski definition) is 22. The van der Waals surface area contributed by atoms with Gasteiger partial charge in [-0.05, 0) is 78.5 Å². The molecule has 0 spiro atoms. The number of anilines is 8. The molecule has 0 aliphatic heterocycles. The van der Waals surface area contributed by atoms with E-state index in [0.717, 1.165) is 29.9 Å². The Morgan fingerprint density at radius 1 is 0.474 bits per heavy atom. The van der Waals surface area contributed by atoms with E-state index in [2.05, 4.69) is 105 Å². The Kier molecular flexibility index (Phi) is 40.6. The van der Waals surface area contributed by atoms with Crippen LogP contribution in [-0.4, -0.2) is 120 Å². The third kappa shape index (κ3) is 30.9. The Morgan fingerprint density at radius 3 is 0.962 bits per heavy atom. The first kappa shape index (κ1) is 72.6. The lowest BCUT2D eigenvalue weighted by atomic mass is 10.2. The van der Waals surface area contributed by atoms with Crippen molar-refractivity contribution in [3.63, 3.8) is 0 Å². The molecule has 6 rings (SSSR count). The molecule has 0 aliphatic rings. The zero-order valence-corrected chi connectivity index (χ0v) is 47.3. The van der Waals surface area contributed by atoms with Gasteiger partial charge < -0.3 is 41.5 Å². The highest BCUT2D eigenvalue weighted by molar-refractivity contribution is 6.28. The summed E-state index contributed by atoms with van der Waals surface area (Å²) in [6, 6.07) is 18.4. The lowest BCUT2D eigenvalue weighted by Crippen LogP contribution is -2.20. The van der Waals surface area contributed by atoms with Crippen molar-refractivity contribution in [1.82, 2.24) is 50.3 Å². The molecule has 78 heavy (non-hydrogen) atoms. The van der Waals surface area contributed by atoms with Gasteiger partial charge in [0.05, 0.1) is 41.0 Å².